The average molecular weight is 534 g/mol. The number of hydrogen-bond donors (Lipinski definition) is 1. The fraction of sp³-hybridized carbons (Fsp3) is 0.370. The SMILES string of the molecule is Cn1cc(-c2c(-c3ccccc3)nc(N)n3c(=O)n(C[C@@H]4CN(C(=O)OC(C)(C)C)CCO4)nc23)ccc1=O. The molecular formula is C27H31N7O5. The molecule has 1 fully saturated rings. The molecule has 0 unspecified atom stereocenters. The predicted molar refractivity (Wildman–Crippen MR) is 145 cm³/mol. The maximum absolute atomic E-state index is 13.5. The summed E-state index contributed by atoms with van der Waals surface area (Å²) in [6, 6.07) is 12.6. The first kappa shape index (κ1) is 26.2. The van der Waals surface area contributed by atoms with Crippen molar-refractivity contribution >= 4 is 17.7 Å². The fourth-order valence-electron chi connectivity index (χ4n) is 4.55. The van der Waals surface area contributed by atoms with Crippen LogP contribution in [0.25, 0.3) is 28.0 Å². The van der Waals surface area contributed by atoms with Crippen LogP contribution >= 0.6 is 0 Å². The Balaban J connectivity index is 1.58. The molecular weight excluding hydrogens is 502 g/mol. The van der Waals surface area contributed by atoms with Gasteiger partial charge in [-0.15, -0.1) is 5.10 Å². The summed E-state index contributed by atoms with van der Waals surface area (Å²) in [6.45, 7) is 6.45. The van der Waals surface area contributed by atoms with E-state index < -0.39 is 23.5 Å². The average Bonchev–Trinajstić information content (AvgIpc) is 3.21. The number of nitrogens with two attached hydrogens (primary N) is 1. The van der Waals surface area contributed by atoms with Gasteiger partial charge in [0.2, 0.25) is 11.5 Å². The van der Waals surface area contributed by atoms with Crippen molar-refractivity contribution in [1.82, 2.24) is 28.6 Å². The van der Waals surface area contributed by atoms with Crippen molar-refractivity contribution in [2.45, 2.75) is 39.0 Å². The minimum atomic E-state index is -0.623. The van der Waals surface area contributed by atoms with Gasteiger partial charge in [-0.1, -0.05) is 30.3 Å². The summed E-state index contributed by atoms with van der Waals surface area (Å²) in [5.41, 5.74) is 7.83. The Morgan fingerprint density at radius 1 is 1.13 bits per heavy atom. The highest BCUT2D eigenvalue weighted by Crippen LogP contribution is 2.33. The van der Waals surface area contributed by atoms with Gasteiger partial charge in [0.15, 0.2) is 5.65 Å². The Labute approximate surface area is 224 Å². The number of carbonyl (C=O) groups is 1. The van der Waals surface area contributed by atoms with Crippen LogP contribution in [0.3, 0.4) is 0 Å². The second-order valence-corrected chi connectivity index (χ2v) is 10.5. The molecule has 5 rings (SSSR count). The highest BCUT2D eigenvalue weighted by Gasteiger charge is 2.30. The molecule has 2 N–H and O–H groups in total. The van der Waals surface area contributed by atoms with E-state index in [1.54, 1.807) is 24.2 Å². The number of pyridine rings is 1. The summed E-state index contributed by atoms with van der Waals surface area (Å²) < 4.78 is 15.3. The highest BCUT2D eigenvalue weighted by molar-refractivity contribution is 5.90. The summed E-state index contributed by atoms with van der Waals surface area (Å²) in [7, 11) is 1.65. The fourth-order valence-corrected chi connectivity index (χ4v) is 4.55. The lowest BCUT2D eigenvalue weighted by atomic mass is 10.0. The van der Waals surface area contributed by atoms with Gasteiger partial charge in [-0.2, -0.15) is 0 Å². The molecule has 0 spiro atoms. The predicted octanol–water partition coefficient (Wildman–Crippen LogP) is 2.14. The lowest BCUT2D eigenvalue weighted by Crippen LogP contribution is -2.49. The molecule has 1 atom stereocenters. The van der Waals surface area contributed by atoms with Gasteiger partial charge in [-0.05, 0) is 26.8 Å². The Morgan fingerprint density at radius 3 is 2.56 bits per heavy atom. The number of fused-ring (bicyclic) bond motifs is 1. The van der Waals surface area contributed by atoms with Gasteiger partial charge >= 0.3 is 11.8 Å². The van der Waals surface area contributed by atoms with Crippen LogP contribution in [0.2, 0.25) is 0 Å². The molecule has 39 heavy (non-hydrogen) atoms. The van der Waals surface area contributed by atoms with Gasteiger partial charge in [-0.3, -0.25) is 4.79 Å². The number of nitrogen functional groups attached to an aromatic ring is 1. The van der Waals surface area contributed by atoms with Gasteiger partial charge in [0.25, 0.3) is 0 Å². The molecule has 3 aromatic heterocycles. The number of aryl methyl sites for hydroxylation is 1. The van der Waals surface area contributed by atoms with Gasteiger partial charge in [0, 0.05) is 37.0 Å². The highest BCUT2D eigenvalue weighted by atomic mass is 16.6. The van der Waals surface area contributed by atoms with E-state index >= 15 is 0 Å². The smallest absolute Gasteiger partial charge is 0.410 e. The number of carbonyl (C=O) groups excluding carboxylic acids is 1. The lowest BCUT2D eigenvalue weighted by Gasteiger charge is -2.34. The lowest BCUT2D eigenvalue weighted by molar-refractivity contribution is -0.0486. The summed E-state index contributed by atoms with van der Waals surface area (Å²) in [5, 5.41) is 4.66. The number of benzene rings is 1. The van der Waals surface area contributed by atoms with Crippen LogP contribution in [-0.4, -0.2) is 66.1 Å². The van der Waals surface area contributed by atoms with E-state index in [0.717, 1.165) is 5.56 Å². The zero-order chi connectivity index (χ0) is 27.9. The maximum Gasteiger partial charge on any atom is 0.410 e. The van der Waals surface area contributed by atoms with E-state index in [0.29, 0.717) is 35.6 Å². The molecule has 12 nitrogen and oxygen atoms in total. The number of anilines is 1. The van der Waals surface area contributed by atoms with E-state index in [1.165, 1.54) is 19.7 Å². The molecule has 1 aliphatic heterocycles. The van der Waals surface area contributed by atoms with E-state index in [1.807, 2.05) is 51.1 Å². The number of rotatable bonds is 4. The number of ether oxygens (including phenoxy) is 2. The minimum absolute atomic E-state index is 0.0198. The maximum atomic E-state index is 13.5. The van der Waals surface area contributed by atoms with Crippen molar-refractivity contribution in [3.8, 4) is 22.4 Å². The number of morpholine rings is 1. The molecule has 1 aromatic carbocycles. The second kappa shape index (κ2) is 10.0. The second-order valence-electron chi connectivity index (χ2n) is 10.5. The monoisotopic (exact) mass is 533 g/mol. The van der Waals surface area contributed by atoms with Gasteiger partial charge in [0.05, 0.1) is 37.1 Å². The van der Waals surface area contributed by atoms with Crippen LogP contribution in [0.4, 0.5) is 10.7 Å². The molecule has 1 amide bonds. The summed E-state index contributed by atoms with van der Waals surface area (Å²) in [6.07, 6.45) is 0.753. The third-order valence-electron chi connectivity index (χ3n) is 6.34. The number of aromatic nitrogens is 5. The van der Waals surface area contributed by atoms with Gasteiger partial charge in [-0.25, -0.2) is 23.7 Å². The normalized spacial score (nSPS) is 16.0. The molecule has 0 bridgehead atoms. The third kappa shape index (κ3) is 5.28. The molecule has 0 saturated carbocycles. The van der Waals surface area contributed by atoms with Gasteiger partial charge in [0.1, 0.15) is 5.60 Å². The van der Waals surface area contributed by atoms with Crippen LogP contribution in [-0.2, 0) is 23.1 Å². The number of hydrogen-bond acceptors (Lipinski definition) is 8. The topological polar surface area (TPSA) is 139 Å². The first-order valence-electron chi connectivity index (χ1n) is 12.6. The Kier molecular flexibility index (Phi) is 6.73. The van der Waals surface area contributed by atoms with Crippen molar-refractivity contribution in [2.24, 2.45) is 7.05 Å². The summed E-state index contributed by atoms with van der Waals surface area (Å²) in [4.78, 5) is 44.4. The number of nitrogens with zero attached hydrogens (tertiary/aromatic N) is 6. The van der Waals surface area contributed by atoms with Crippen LogP contribution in [0, 0.1) is 0 Å². The zero-order valence-corrected chi connectivity index (χ0v) is 22.3. The molecule has 0 aliphatic carbocycles. The minimum Gasteiger partial charge on any atom is -0.444 e. The van der Waals surface area contributed by atoms with Crippen molar-refractivity contribution in [3.63, 3.8) is 0 Å². The molecule has 4 aromatic rings. The molecule has 0 radical (unpaired) electrons. The van der Waals surface area contributed by atoms with Crippen LogP contribution in [0.1, 0.15) is 20.8 Å². The van der Waals surface area contributed by atoms with Gasteiger partial charge < -0.3 is 24.7 Å². The van der Waals surface area contributed by atoms with E-state index in [2.05, 4.69) is 10.1 Å². The zero-order valence-electron chi connectivity index (χ0n) is 22.3. The number of amides is 1. The van der Waals surface area contributed by atoms with Crippen molar-refractivity contribution < 1.29 is 14.3 Å². The van der Waals surface area contributed by atoms with Crippen LogP contribution in [0.5, 0.6) is 0 Å². The quantitative estimate of drug-likeness (QED) is 0.421. The molecule has 1 aliphatic rings. The van der Waals surface area contributed by atoms with E-state index in [9.17, 15) is 14.4 Å². The largest absolute Gasteiger partial charge is 0.444 e. The molecule has 4 heterocycles. The summed E-state index contributed by atoms with van der Waals surface area (Å²) >= 11 is 0. The third-order valence-corrected chi connectivity index (χ3v) is 6.34. The molecule has 204 valence electrons. The standard InChI is InChI=1S/C27H31N7O5/c1-27(2,3)39-26(37)32-12-13-38-19(15-32)16-33-25(36)34-23(30-33)21(18-10-11-20(35)31(4)14-18)22(29-24(34)28)17-8-6-5-7-9-17/h5-11,14,19H,12-13,15-16H2,1-4H3,(H2,28,29)/t19-/m0/s1. The van der Waals surface area contributed by atoms with Crippen molar-refractivity contribution in [2.75, 3.05) is 25.4 Å². The Hall–Kier alpha value is -4.45. The van der Waals surface area contributed by atoms with Crippen molar-refractivity contribution in [1.29, 1.82) is 0 Å². The van der Waals surface area contributed by atoms with Crippen molar-refractivity contribution in [3.05, 3.63) is 69.5 Å². The first-order valence-corrected chi connectivity index (χ1v) is 12.6. The first-order chi connectivity index (χ1) is 18.5. The molecule has 1 saturated heterocycles. The van der Waals surface area contributed by atoms with Crippen LogP contribution < -0.4 is 17.0 Å². The molecule has 12 heteroatoms. The van der Waals surface area contributed by atoms with E-state index in [-0.39, 0.29) is 24.6 Å². The Bertz CT molecular complexity index is 1650. The summed E-state index contributed by atoms with van der Waals surface area (Å²) in [5.74, 6) is -0.0198. The van der Waals surface area contributed by atoms with E-state index in [4.69, 9.17) is 15.2 Å². The van der Waals surface area contributed by atoms with Crippen LogP contribution in [0.15, 0.2) is 58.3 Å². The Morgan fingerprint density at radius 2 is 1.87 bits per heavy atom.